The molecular weight excluding hydrogens is 244 g/mol. The maximum absolute atomic E-state index is 12.0. The second kappa shape index (κ2) is 4.53. The molecule has 0 unspecified atom stereocenters. The SMILES string of the molecule is Cc1ccc([C@@H]2CC(=O)c3nccnc3S2)cc1. The van der Waals surface area contributed by atoms with Crippen LogP contribution in [0.5, 0.6) is 0 Å². The van der Waals surface area contributed by atoms with E-state index in [1.54, 1.807) is 24.2 Å². The van der Waals surface area contributed by atoms with Gasteiger partial charge < -0.3 is 0 Å². The van der Waals surface area contributed by atoms with Crippen molar-refractivity contribution in [2.45, 2.75) is 23.6 Å². The Labute approximate surface area is 110 Å². The van der Waals surface area contributed by atoms with Crippen molar-refractivity contribution in [1.29, 1.82) is 0 Å². The molecule has 3 nitrogen and oxygen atoms in total. The molecule has 0 radical (unpaired) electrons. The topological polar surface area (TPSA) is 42.9 Å². The molecule has 4 heteroatoms. The molecule has 0 spiro atoms. The van der Waals surface area contributed by atoms with Crippen LogP contribution in [-0.2, 0) is 0 Å². The van der Waals surface area contributed by atoms with Gasteiger partial charge in [0.1, 0.15) is 10.7 Å². The van der Waals surface area contributed by atoms with E-state index in [2.05, 4.69) is 41.2 Å². The van der Waals surface area contributed by atoms with Gasteiger partial charge in [-0.05, 0) is 12.5 Å². The molecule has 0 saturated heterocycles. The Hall–Kier alpha value is -1.68. The highest BCUT2D eigenvalue weighted by atomic mass is 32.2. The molecule has 18 heavy (non-hydrogen) atoms. The molecular formula is C14H12N2OS. The molecule has 0 aliphatic carbocycles. The molecule has 2 aromatic rings. The van der Waals surface area contributed by atoms with Gasteiger partial charge in [-0.25, -0.2) is 9.97 Å². The third-order valence-electron chi connectivity index (χ3n) is 3.00. The number of hydrogen-bond donors (Lipinski definition) is 0. The third-order valence-corrected chi connectivity index (χ3v) is 4.25. The summed E-state index contributed by atoms with van der Waals surface area (Å²) in [6.45, 7) is 2.06. The highest BCUT2D eigenvalue weighted by Gasteiger charge is 2.28. The number of benzene rings is 1. The molecule has 1 aliphatic heterocycles. The van der Waals surface area contributed by atoms with Gasteiger partial charge in [-0.1, -0.05) is 41.6 Å². The molecule has 90 valence electrons. The number of aromatic nitrogens is 2. The molecule has 0 fully saturated rings. The van der Waals surface area contributed by atoms with E-state index < -0.39 is 0 Å². The van der Waals surface area contributed by atoms with E-state index in [0.29, 0.717) is 12.1 Å². The second-order valence-corrected chi connectivity index (χ2v) is 5.55. The van der Waals surface area contributed by atoms with E-state index in [9.17, 15) is 4.79 Å². The van der Waals surface area contributed by atoms with Crippen LogP contribution >= 0.6 is 11.8 Å². The van der Waals surface area contributed by atoms with Crippen LogP contribution < -0.4 is 0 Å². The Kier molecular flexibility index (Phi) is 2.88. The minimum atomic E-state index is 0.0856. The Morgan fingerprint density at radius 2 is 1.89 bits per heavy atom. The zero-order chi connectivity index (χ0) is 12.5. The average Bonchev–Trinajstić information content (AvgIpc) is 2.39. The second-order valence-electron chi connectivity index (χ2n) is 4.35. The van der Waals surface area contributed by atoms with Crippen LogP contribution in [0.15, 0.2) is 41.7 Å². The van der Waals surface area contributed by atoms with E-state index in [4.69, 9.17) is 0 Å². The normalized spacial score (nSPS) is 18.5. The first-order valence-electron chi connectivity index (χ1n) is 5.81. The number of fused-ring (bicyclic) bond motifs is 1. The smallest absolute Gasteiger partial charge is 0.185 e. The lowest BCUT2D eigenvalue weighted by Gasteiger charge is -2.21. The van der Waals surface area contributed by atoms with Crippen molar-refractivity contribution >= 4 is 17.5 Å². The van der Waals surface area contributed by atoms with Crippen LogP contribution in [0.1, 0.15) is 33.3 Å². The largest absolute Gasteiger partial charge is 0.292 e. The number of carbonyl (C=O) groups is 1. The van der Waals surface area contributed by atoms with Crippen LogP contribution in [0.3, 0.4) is 0 Å². The van der Waals surface area contributed by atoms with E-state index >= 15 is 0 Å². The first-order chi connectivity index (χ1) is 8.74. The van der Waals surface area contributed by atoms with E-state index in [1.165, 1.54) is 11.1 Å². The molecule has 1 aliphatic rings. The zero-order valence-electron chi connectivity index (χ0n) is 9.96. The monoisotopic (exact) mass is 256 g/mol. The fourth-order valence-corrected chi connectivity index (χ4v) is 3.21. The summed E-state index contributed by atoms with van der Waals surface area (Å²) in [7, 11) is 0. The molecule has 0 bridgehead atoms. The summed E-state index contributed by atoms with van der Waals surface area (Å²) < 4.78 is 0. The standard InChI is InChI=1S/C14H12N2OS/c1-9-2-4-10(5-3-9)12-8-11(17)13-14(18-12)16-7-6-15-13/h2-7,12H,8H2,1H3/t12-/m0/s1. The molecule has 2 heterocycles. The van der Waals surface area contributed by atoms with Crippen molar-refractivity contribution in [2.75, 3.05) is 0 Å². The van der Waals surface area contributed by atoms with Crippen molar-refractivity contribution < 1.29 is 4.79 Å². The van der Waals surface area contributed by atoms with Crippen molar-refractivity contribution in [1.82, 2.24) is 9.97 Å². The van der Waals surface area contributed by atoms with Gasteiger partial charge in [0.15, 0.2) is 5.78 Å². The first kappa shape index (κ1) is 11.4. The number of rotatable bonds is 1. The Bertz CT molecular complexity index is 595. The number of Topliss-reactive ketones (excluding diaryl/α,β-unsaturated/α-hetero) is 1. The lowest BCUT2D eigenvalue weighted by atomic mass is 10.0. The van der Waals surface area contributed by atoms with Crippen molar-refractivity contribution in [3.05, 3.63) is 53.5 Å². The predicted molar refractivity (Wildman–Crippen MR) is 70.8 cm³/mol. The van der Waals surface area contributed by atoms with Gasteiger partial charge in [0.05, 0.1) is 0 Å². The molecule has 0 saturated carbocycles. The molecule has 0 N–H and O–H groups in total. The summed E-state index contributed by atoms with van der Waals surface area (Å²) in [5.41, 5.74) is 2.92. The highest BCUT2D eigenvalue weighted by Crippen LogP contribution is 2.42. The van der Waals surface area contributed by atoms with Crippen molar-refractivity contribution in [3.8, 4) is 0 Å². The molecule has 1 aromatic carbocycles. The van der Waals surface area contributed by atoms with Crippen LogP contribution in [0.25, 0.3) is 0 Å². The number of carbonyl (C=O) groups excluding carboxylic acids is 1. The summed E-state index contributed by atoms with van der Waals surface area (Å²) in [4.78, 5) is 20.4. The first-order valence-corrected chi connectivity index (χ1v) is 6.69. The van der Waals surface area contributed by atoms with Crippen molar-refractivity contribution in [3.63, 3.8) is 0 Å². The predicted octanol–water partition coefficient (Wildman–Crippen LogP) is 3.20. The quantitative estimate of drug-likeness (QED) is 0.785. The van der Waals surface area contributed by atoms with E-state index in [0.717, 1.165) is 5.03 Å². The van der Waals surface area contributed by atoms with Crippen LogP contribution in [0, 0.1) is 6.92 Å². The minimum absolute atomic E-state index is 0.0856. The lowest BCUT2D eigenvalue weighted by Crippen LogP contribution is -2.14. The summed E-state index contributed by atoms with van der Waals surface area (Å²) >= 11 is 1.63. The summed E-state index contributed by atoms with van der Waals surface area (Å²) in [6.07, 6.45) is 3.71. The van der Waals surface area contributed by atoms with Crippen LogP contribution in [0.4, 0.5) is 0 Å². The van der Waals surface area contributed by atoms with Gasteiger partial charge in [0.2, 0.25) is 0 Å². The van der Waals surface area contributed by atoms with Crippen molar-refractivity contribution in [2.24, 2.45) is 0 Å². The van der Waals surface area contributed by atoms with Gasteiger partial charge in [-0.3, -0.25) is 4.79 Å². The summed E-state index contributed by atoms with van der Waals surface area (Å²) in [5.74, 6) is 0.0856. The molecule has 3 rings (SSSR count). The number of thioether (sulfide) groups is 1. The minimum Gasteiger partial charge on any atom is -0.292 e. The zero-order valence-corrected chi connectivity index (χ0v) is 10.8. The molecule has 0 amide bonds. The highest BCUT2D eigenvalue weighted by molar-refractivity contribution is 7.99. The number of ketones is 1. The fourth-order valence-electron chi connectivity index (χ4n) is 2.01. The number of aryl methyl sites for hydroxylation is 1. The van der Waals surface area contributed by atoms with E-state index in [-0.39, 0.29) is 11.0 Å². The Balaban J connectivity index is 1.94. The van der Waals surface area contributed by atoms with Gasteiger partial charge in [0, 0.05) is 24.1 Å². The van der Waals surface area contributed by atoms with Gasteiger partial charge in [0.25, 0.3) is 0 Å². The number of nitrogens with zero attached hydrogens (tertiary/aromatic N) is 2. The van der Waals surface area contributed by atoms with Gasteiger partial charge in [-0.2, -0.15) is 0 Å². The molecule has 1 aromatic heterocycles. The third kappa shape index (κ3) is 2.04. The maximum atomic E-state index is 12.0. The fraction of sp³-hybridized carbons (Fsp3) is 0.214. The maximum Gasteiger partial charge on any atom is 0.185 e. The summed E-state index contributed by atoms with van der Waals surface area (Å²) in [6, 6.07) is 8.32. The van der Waals surface area contributed by atoms with Gasteiger partial charge >= 0.3 is 0 Å². The summed E-state index contributed by atoms with van der Waals surface area (Å²) in [5, 5.41) is 0.904. The average molecular weight is 256 g/mol. The van der Waals surface area contributed by atoms with Crippen LogP contribution in [-0.4, -0.2) is 15.8 Å². The number of hydrogen-bond acceptors (Lipinski definition) is 4. The van der Waals surface area contributed by atoms with Crippen LogP contribution in [0.2, 0.25) is 0 Å². The Morgan fingerprint density at radius 1 is 1.17 bits per heavy atom. The molecule has 1 atom stereocenters. The lowest BCUT2D eigenvalue weighted by molar-refractivity contribution is 0.0970. The Morgan fingerprint density at radius 3 is 2.67 bits per heavy atom. The van der Waals surface area contributed by atoms with E-state index in [1.807, 2.05) is 0 Å². The van der Waals surface area contributed by atoms with Gasteiger partial charge in [-0.15, -0.1) is 0 Å².